The molecule has 3 heterocycles. The van der Waals surface area contributed by atoms with Crippen molar-refractivity contribution in [2.45, 2.75) is 32.2 Å². The molecule has 2 aliphatic rings. The maximum Gasteiger partial charge on any atom is 0.259 e. The van der Waals surface area contributed by atoms with Gasteiger partial charge in [0.05, 0.1) is 18.4 Å². The molecule has 5 rings (SSSR count). The molecule has 0 radical (unpaired) electrons. The maximum absolute atomic E-state index is 13.0. The zero-order chi connectivity index (χ0) is 20.7. The maximum atomic E-state index is 13.0. The van der Waals surface area contributed by atoms with E-state index in [1.807, 2.05) is 4.90 Å². The van der Waals surface area contributed by atoms with E-state index in [9.17, 15) is 14.0 Å². The predicted molar refractivity (Wildman–Crippen MR) is 114 cm³/mol. The lowest BCUT2D eigenvalue weighted by Crippen LogP contribution is -2.49. The third kappa shape index (κ3) is 3.77. The first kappa shape index (κ1) is 19.4. The van der Waals surface area contributed by atoms with Crippen LogP contribution in [0, 0.1) is 5.82 Å². The van der Waals surface area contributed by atoms with Crippen molar-refractivity contribution < 1.29 is 9.18 Å². The van der Waals surface area contributed by atoms with Crippen LogP contribution >= 0.6 is 11.3 Å². The SMILES string of the molecule is O=C(Cc1ccc(F)cc1)N1CCN(Cc2nc3sc4c(c3c(=O)[nH]2)CCC4)CC1. The summed E-state index contributed by atoms with van der Waals surface area (Å²) in [5.74, 6) is 0.456. The minimum Gasteiger partial charge on any atom is -0.340 e. The molecule has 1 amide bonds. The van der Waals surface area contributed by atoms with Crippen LogP contribution in [0.1, 0.15) is 28.2 Å². The normalized spacial score (nSPS) is 16.9. The lowest BCUT2D eigenvalue weighted by molar-refractivity contribution is -0.132. The molecule has 6 nitrogen and oxygen atoms in total. The van der Waals surface area contributed by atoms with E-state index in [1.54, 1.807) is 23.5 Å². The standard InChI is InChI=1S/C22H23FN4O2S/c23-15-6-4-14(5-7-15)12-19(28)27-10-8-26(9-11-27)13-18-24-21(29)20-16-2-1-3-17(16)30-22(20)25-18/h4-7H,1-3,8-13H2,(H,24,25,29). The first-order valence-corrected chi connectivity index (χ1v) is 11.2. The van der Waals surface area contributed by atoms with Crippen molar-refractivity contribution in [1.29, 1.82) is 0 Å². The largest absolute Gasteiger partial charge is 0.340 e. The van der Waals surface area contributed by atoms with Crippen molar-refractivity contribution in [3.05, 3.63) is 62.3 Å². The number of nitrogens with one attached hydrogen (secondary N) is 1. The Morgan fingerprint density at radius 1 is 1.13 bits per heavy atom. The van der Waals surface area contributed by atoms with Crippen LogP contribution < -0.4 is 5.56 Å². The number of nitrogens with zero attached hydrogens (tertiary/aromatic N) is 3. The van der Waals surface area contributed by atoms with Crippen LogP contribution in [0.4, 0.5) is 4.39 Å². The zero-order valence-corrected chi connectivity index (χ0v) is 17.4. The Labute approximate surface area is 177 Å². The van der Waals surface area contributed by atoms with E-state index in [4.69, 9.17) is 4.98 Å². The number of fused-ring (bicyclic) bond motifs is 3. The number of aryl methyl sites for hydroxylation is 2. The fraction of sp³-hybridized carbons (Fsp3) is 0.409. The summed E-state index contributed by atoms with van der Waals surface area (Å²) < 4.78 is 13.0. The van der Waals surface area contributed by atoms with Gasteiger partial charge in [0.15, 0.2) is 0 Å². The number of hydrogen-bond donors (Lipinski definition) is 1. The van der Waals surface area contributed by atoms with Gasteiger partial charge in [-0.2, -0.15) is 0 Å². The van der Waals surface area contributed by atoms with Crippen molar-refractivity contribution in [2.75, 3.05) is 26.2 Å². The number of amides is 1. The van der Waals surface area contributed by atoms with Crippen LogP contribution in [0.2, 0.25) is 0 Å². The van der Waals surface area contributed by atoms with E-state index in [2.05, 4.69) is 9.88 Å². The average Bonchev–Trinajstić information content (AvgIpc) is 3.31. The van der Waals surface area contributed by atoms with Gasteiger partial charge in [-0.15, -0.1) is 11.3 Å². The van der Waals surface area contributed by atoms with Gasteiger partial charge in [-0.25, -0.2) is 9.37 Å². The van der Waals surface area contributed by atoms with E-state index in [0.717, 1.165) is 48.1 Å². The molecule has 8 heteroatoms. The van der Waals surface area contributed by atoms with Crippen LogP contribution in [0.5, 0.6) is 0 Å². The second-order valence-corrected chi connectivity index (χ2v) is 9.09. The summed E-state index contributed by atoms with van der Waals surface area (Å²) in [6.45, 7) is 3.32. The summed E-state index contributed by atoms with van der Waals surface area (Å²) in [6.07, 6.45) is 3.45. The quantitative estimate of drug-likeness (QED) is 0.696. The molecular formula is C22H23FN4O2S. The fourth-order valence-electron chi connectivity index (χ4n) is 4.38. The third-order valence-corrected chi connectivity index (χ3v) is 7.18. The van der Waals surface area contributed by atoms with Crippen LogP contribution in [0.25, 0.3) is 10.2 Å². The number of benzene rings is 1. The van der Waals surface area contributed by atoms with Crippen LogP contribution in [0.15, 0.2) is 29.1 Å². The van der Waals surface area contributed by atoms with Crippen LogP contribution in [-0.4, -0.2) is 51.9 Å². The number of carbonyl (C=O) groups excluding carboxylic acids is 1. The van der Waals surface area contributed by atoms with Gasteiger partial charge in [-0.05, 0) is 42.5 Å². The Bertz CT molecular complexity index is 1150. The molecule has 1 aliphatic carbocycles. The van der Waals surface area contributed by atoms with Gasteiger partial charge in [0, 0.05) is 31.1 Å². The van der Waals surface area contributed by atoms with E-state index >= 15 is 0 Å². The monoisotopic (exact) mass is 426 g/mol. The molecule has 0 unspecified atom stereocenters. The van der Waals surface area contributed by atoms with Gasteiger partial charge < -0.3 is 9.88 Å². The second-order valence-electron chi connectivity index (χ2n) is 8.01. The minimum atomic E-state index is -0.295. The molecule has 1 aromatic carbocycles. The van der Waals surface area contributed by atoms with E-state index in [1.165, 1.54) is 22.6 Å². The highest BCUT2D eigenvalue weighted by Gasteiger charge is 2.24. The van der Waals surface area contributed by atoms with E-state index in [0.29, 0.717) is 25.5 Å². The van der Waals surface area contributed by atoms with Gasteiger partial charge in [0.1, 0.15) is 16.5 Å². The number of thiophene rings is 1. The van der Waals surface area contributed by atoms with Gasteiger partial charge >= 0.3 is 0 Å². The van der Waals surface area contributed by atoms with Crippen molar-refractivity contribution in [1.82, 2.24) is 19.8 Å². The van der Waals surface area contributed by atoms with Crippen molar-refractivity contribution in [3.8, 4) is 0 Å². The van der Waals surface area contributed by atoms with Crippen LogP contribution in [0.3, 0.4) is 0 Å². The van der Waals surface area contributed by atoms with E-state index in [-0.39, 0.29) is 23.7 Å². The molecule has 1 fully saturated rings. The Morgan fingerprint density at radius 3 is 2.67 bits per heavy atom. The second kappa shape index (κ2) is 7.92. The summed E-state index contributed by atoms with van der Waals surface area (Å²) in [7, 11) is 0. The topological polar surface area (TPSA) is 69.3 Å². The highest BCUT2D eigenvalue weighted by atomic mass is 32.1. The average molecular weight is 427 g/mol. The molecule has 0 bridgehead atoms. The summed E-state index contributed by atoms with van der Waals surface area (Å²) in [5, 5.41) is 0.785. The summed E-state index contributed by atoms with van der Waals surface area (Å²) in [4.78, 5) is 39.1. The smallest absolute Gasteiger partial charge is 0.259 e. The van der Waals surface area contributed by atoms with E-state index < -0.39 is 0 Å². The Kier molecular flexibility index (Phi) is 5.12. The van der Waals surface area contributed by atoms with Crippen molar-refractivity contribution in [2.24, 2.45) is 0 Å². The molecule has 0 spiro atoms. The molecule has 0 saturated carbocycles. The molecule has 30 heavy (non-hydrogen) atoms. The number of hydrogen-bond acceptors (Lipinski definition) is 5. The third-order valence-electron chi connectivity index (χ3n) is 5.99. The first-order valence-electron chi connectivity index (χ1n) is 10.3. The molecule has 3 aromatic rings. The summed E-state index contributed by atoms with van der Waals surface area (Å²) in [6, 6.07) is 6.07. The number of aromatic nitrogens is 2. The number of rotatable bonds is 4. The molecule has 156 valence electrons. The molecule has 1 saturated heterocycles. The number of carbonyl (C=O) groups is 1. The van der Waals surface area contributed by atoms with Gasteiger partial charge in [0.25, 0.3) is 5.56 Å². The van der Waals surface area contributed by atoms with Crippen molar-refractivity contribution >= 4 is 27.5 Å². The number of H-pyrrole nitrogens is 1. The first-order chi connectivity index (χ1) is 14.6. The highest BCUT2D eigenvalue weighted by Crippen LogP contribution is 2.34. The molecule has 0 atom stereocenters. The number of piperazine rings is 1. The Hall–Kier alpha value is -2.58. The Balaban J connectivity index is 1.20. The molecule has 1 N–H and O–H groups in total. The van der Waals surface area contributed by atoms with Crippen molar-refractivity contribution in [3.63, 3.8) is 0 Å². The van der Waals surface area contributed by atoms with Gasteiger partial charge in [-0.3, -0.25) is 14.5 Å². The van der Waals surface area contributed by atoms with Gasteiger partial charge in [-0.1, -0.05) is 12.1 Å². The van der Waals surface area contributed by atoms with Gasteiger partial charge in [0.2, 0.25) is 5.91 Å². The number of halogens is 1. The molecule has 1 aliphatic heterocycles. The zero-order valence-electron chi connectivity index (χ0n) is 16.6. The fourth-order valence-corrected chi connectivity index (χ4v) is 5.66. The van der Waals surface area contributed by atoms with Crippen LogP contribution in [-0.2, 0) is 30.6 Å². The lowest BCUT2D eigenvalue weighted by Gasteiger charge is -2.34. The molecular weight excluding hydrogens is 403 g/mol. The molecule has 2 aromatic heterocycles. The predicted octanol–water partition coefficient (Wildman–Crippen LogP) is 2.50. The lowest BCUT2D eigenvalue weighted by atomic mass is 10.1. The minimum absolute atomic E-state index is 0.0255. The summed E-state index contributed by atoms with van der Waals surface area (Å²) in [5.41, 5.74) is 1.99. The summed E-state index contributed by atoms with van der Waals surface area (Å²) >= 11 is 1.66. The highest BCUT2D eigenvalue weighted by molar-refractivity contribution is 7.18. The number of aromatic amines is 1. The Morgan fingerprint density at radius 2 is 1.90 bits per heavy atom.